The molecule has 1 aromatic carbocycles. The summed E-state index contributed by atoms with van der Waals surface area (Å²) < 4.78 is 26.3. The van der Waals surface area contributed by atoms with Crippen LogP contribution in [0.1, 0.15) is 28.6 Å². The molecular weight excluding hydrogens is 248 g/mol. The Balaban J connectivity index is 2.22. The van der Waals surface area contributed by atoms with Crippen molar-refractivity contribution < 1.29 is 13.9 Å². The van der Waals surface area contributed by atoms with Crippen LogP contribution in [0.3, 0.4) is 0 Å². The highest BCUT2D eigenvalue weighted by Crippen LogP contribution is 2.21. The molecule has 1 unspecified atom stereocenters. The summed E-state index contributed by atoms with van der Waals surface area (Å²) in [6, 6.07) is 6.90. The predicted octanol–water partition coefficient (Wildman–Crippen LogP) is 3.25. The second-order valence-electron chi connectivity index (χ2n) is 4.64. The first kappa shape index (κ1) is 13.6. The molecule has 1 heterocycles. The summed E-state index contributed by atoms with van der Waals surface area (Å²) in [5, 5.41) is 10.1. The van der Waals surface area contributed by atoms with Crippen LogP contribution in [-0.4, -0.2) is 10.1 Å². The summed E-state index contributed by atoms with van der Waals surface area (Å²) in [4.78, 5) is 4.22. The van der Waals surface area contributed by atoms with Crippen molar-refractivity contribution in [2.45, 2.75) is 26.4 Å². The molecule has 1 atom stereocenters. The largest absolute Gasteiger partial charge is 0.388 e. The highest BCUT2D eigenvalue weighted by molar-refractivity contribution is 5.26. The Kier molecular flexibility index (Phi) is 3.90. The van der Waals surface area contributed by atoms with Gasteiger partial charge in [0.15, 0.2) is 0 Å². The lowest BCUT2D eigenvalue weighted by Crippen LogP contribution is -2.05. The molecular formula is C15H15F2NO. The maximum atomic E-state index is 13.5. The fourth-order valence-electron chi connectivity index (χ4n) is 2.07. The molecule has 2 nitrogen and oxygen atoms in total. The standard InChI is InChI=1S/C15H15F2NO/c1-9-5-12(6-10(2)18-9)15(19)7-11-3-4-13(16)8-14(11)17/h3-6,8,15,19H,7H2,1-2H3. The van der Waals surface area contributed by atoms with Crippen molar-refractivity contribution in [2.24, 2.45) is 0 Å². The van der Waals surface area contributed by atoms with Crippen LogP contribution in [0, 0.1) is 25.5 Å². The molecule has 0 bridgehead atoms. The second kappa shape index (κ2) is 5.45. The van der Waals surface area contributed by atoms with Crippen molar-refractivity contribution in [1.82, 2.24) is 4.98 Å². The van der Waals surface area contributed by atoms with Gasteiger partial charge < -0.3 is 5.11 Å². The Hall–Kier alpha value is -1.81. The van der Waals surface area contributed by atoms with E-state index in [-0.39, 0.29) is 6.42 Å². The first-order chi connectivity index (χ1) is 8.95. The van der Waals surface area contributed by atoms with E-state index < -0.39 is 17.7 Å². The number of hydrogen-bond donors (Lipinski definition) is 1. The maximum absolute atomic E-state index is 13.5. The van der Waals surface area contributed by atoms with E-state index in [9.17, 15) is 13.9 Å². The lowest BCUT2D eigenvalue weighted by Gasteiger charge is -2.13. The number of hydrogen-bond acceptors (Lipinski definition) is 2. The van der Waals surface area contributed by atoms with Crippen molar-refractivity contribution in [3.05, 3.63) is 64.5 Å². The summed E-state index contributed by atoms with van der Waals surface area (Å²) >= 11 is 0. The van der Waals surface area contributed by atoms with Gasteiger partial charge >= 0.3 is 0 Å². The van der Waals surface area contributed by atoms with E-state index in [1.165, 1.54) is 12.1 Å². The third kappa shape index (κ3) is 3.35. The average molecular weight is 263 g/mol. The molecule has 0 aliphatic rings. The summed E-state index contributed by atoms with van der Waals surface area (Å²) in [6.45, 7) is 3.67. The topological polar surface area (TPSA) is 33.1 Å². The Morgan fingerprint density at radius 1 is 1.11 bits per heavy atom. The zero-order chi connectivity index (χ0) is 14.0. The van der Waals surface area contributed by atoms with Gasteiger partial charge in [0, 0.05) is 23.9 Å². The number of aromatic nitrogens is 1. The van der Waals surface area contributed by atoms with Gasteiger partial charge in [-0.15, -0.1) is 0 Å². The molecule has 0 aliphatic carbocycles. The zero-order valence-electron chi connectivity index (χ0n) is 10.8. The monoisotopic (exact) mass is 263 g/mol. The van der Waals surface area contributed by atoms with Crippen molar-refractivity contribution >= 4 is 0 Å². The SMILES string of the molecule is Cc1cc(C(O)Cc2ccc(F)cc2F)cc(C)n1. The second-order valence-corrected chi connectivity index (χ2v) is 4.64. The first-order valence-corrected chi connectivity index (χ1v) is 6.03. The van der Waals surface area contributed by atoms with Crippen LogP contribution in [0.25, 0.3) is 0 Å². The van der Waals surface area contributed by atoms with Gasteiger partial charge in [-0.2, -0.15) is 0 Å². The lowest BCUT2D eigenvalue weighted by molar-refractivity contribution is 0.177. The Labute approximate surface area is 110 Å². The van der Waals surface area contributed by atoms with Crippen molar-refractivity contribution in [3.63, 3.8) is 0 Å². The molecule has 2 aromatic rings. The number of aryl methyl sites for hydroxylation is 2. The normalized spacial score (nSPS) is 12.5. The summed E-state index contributed by atoms with van der Waals surface area (Å²) in [5.41, 5.74) is 2.58. The van der Waals surface area contributed by atoms with E-state index in [0.29, 0.717) is 11.1 Å². The highest BCUT2D eigenvalue weighted by atomic mass is 19.1. The molecule has 0 spiro atoms. The predicted molar refractivity (Wildman–Crippen MR) is 68.7 cm³/mol. The van der Waals surface area contributed by atoms with Gasteiger partial charge in [-0.3, -0.25) is 4.98 Å². The Bertz CT molecular complexity index is 578. The fraction of sp³-hybridized carbons (Fsp3) is 0.267. The molecule has 1 N–H and O–H groups in total. The summed E-state index contributed by atoms with van der Waals surface area (Å²) in [7, 11) is 0. The van der Waals surface area contributed by atoms with Gasteiger partial charge in [0.1, 0.15) is 11.6 Å². The van der Waals surface area contributed by atoms with Gasteiger partial charge in [-0.05, 0) is 43.2 Å². The quantitative estimate of drug-likeness (QED) is 0.922. The van der Waals surface area contributed by atoms with E-state index in [1.54, 1.807) is 12.1 Å². The van der Waals surface area contributed by atoms with E-state index in [1.807, 2.05) is 13.8 Å². The van der Waals surface area contributed by atoms with Crippen LogP contribution in [-0.2, 0) is 6.42 Å². The highest BCUT2D eigenvalue weighted by Gasteiger charge is 2.13. The third-order valence-electron chi connectivity index (χ3n) is 2.92. The van der Waals surface area contributed by atoms with Gasteiger partial charge in [0.25, 0.3) is 0 Å². The van der Waals surface area contributed by atoms with Crippen LogP contribution >= 0.6 is 0 Å². The molecule has 0 saturated carbocycles. The molecule has 100 valence electrons. The Morgan fingerprint density at radius 2 is 1.74 bits per heavy atom. The summed E-state index contributed by atoms with van der Waals surface area (Å²) in [6.07, 6.45) is -0.727. The fourth-order valence-corrected chi connectivity index (χ4v) is 2.07. The van der Waals surface area contributed by atoms with Crippen LogP contribution in [0.2, 0.25) is 0 Å². The summed E-state index contributed by atoms with van der Waals surface area (Å²) in [5.74, 6) is -1.26. The number of aliphatic hydroxyl groups is 1. The van der Waals surface area contributed by atoms with Crippen molar-refractivity contribution in [2.75, 3.05) is 0 Å². The molecule has 4 heteroatoms. The molecule has 0 amide bonds. The zero-order valence-corrected chi connectivity index (χ0v) is 10.8. The van der Waals surface area contributed by atoms with Gasteiger partial charge in [0.05, 0.1) is 6.10 Å². The molecule has 19 heavy (non-hydrogen) atoms. The number of nitrogens with zero attached hydrogens (tertiary/aromatic N) is 1. The molecule has 0 aliphatic heterocycles. The average Bonchev–Trinajstić information content (AvgIpc) is 2.31. The van der Waals surface area contributed by atoms with Gasteiger partial charge in [-0.1, -0.05) is 6.07 Å². The molecule has 0 radical (unpaired) electrons. The maximum Gasteiger partial charge on any atom is 0.129 e. The number of rotatable bonds is 3. The minimum atomic E-state index is -0.833. The van der Waals surface area contributed by atoms with Gasteiger partial charge in [-0.25, -0.2) is 8.78 Å². The third-order valence-corrected chi connectivity index (χ3v) is 2.92. The number of benzene rings is 1. The van der Waals surface area contributed by atoms with E-state index in [4.69, 9.17) is 0 Å². The first-order valence-electron chi connectivity index (χ1n) is 6.03. The molecule has 2 rings (SSSR count). The number of halogens is 2. The minimum absolute atomic E-state index is 0.106. The lowest BCUT2D eigenvalue weighted by atomic mass is 10.0. The van der Waals surface area contributed by atoms with Crippen molar-refractivity contribution in [1.29, 1.82) is 0 Å². The van der Waals surface area contributed by atoms with Crippen LogP contribution in [0.4, 0.5) is 8.78 Å². The van der Waals surface area contributed by atoms with E-state index in [0.717, 1.165) is 17.5 Å². The van der Waals surface area contributed by atoms with E-state index >= 15 is 0 Å². The van der Waals surface area contributed by atoms with Crippen LogP contribution in [0.15, 0.2) is 30.3 Å². The smallest absolute Gasteiger partial charge is 0.129 e. The Morgan fingerprint density at radius 3 is 2.32 bits per heavy atom. The van der Waals surface area contributed by atoms with Gasteiger partial charge in [0.2, 0.25) is 0 Å². The molecule has 0 saturated heterocycles. The van der Waals surface area contributed by atoms with E-state index in [2.05, 4.69) is 4.98 Å². The van der Waals surface area contributed by atoms with Crippen LogP contribution in [0.5, 0.6) is 0 Å². The van der Waals surface area contributed by atoms with Crippen molar-refractivity contribution in [3.8, 4) is 0 Å². The minimum Gasteiger partial charge on any atom is -0.388 e. The van der Waals surface area contributed by atoms with Crippen LogP contribution < -0.4 is 0 Å². The molecule has 0 fully saturated rings. The molecule has 1 aromatic heterocycles. The number of pyridine rings is 1. The number of aliphatic hydroxyl groups excluding tert-OH is 1.